The zero-order valence-corrected chi connectivity index (χ0v) is 22.9. The van der Waals surface area contributed by atoms with Crippen molar-refractivity contribution in [2.45, 2.75) is 19.8 Å². The van der Waals surface area contributed by atoms with Crippen molar-refractivity contribution >= 4 is 35.3 Å². The largest absolute Gasteiger partial charge is 0.507 e. The number of hydrogen-bond acceptors (Lipinski definition) is 9. The summed E-state index contributed by atoms with van der Waals surface area (Å²) in [7, 11) is 0. The van der Waals surface area contributed by atoms with Crippen LogP contribution in [0.5, 0.6) is 0 Å². The van der Waals surface area contributed by atoms with Crippen molar-refractivity contribution in [2.24, 2.45) is 5.10 Å². The van der Waals surface area contributed by atoms with Crippen molar-refractivity contribution in [1.29, 1.82) is 0 Å². The molecule has 3 N–H and O–H groups in total. The SMILES string of the molecule is C=C(/C=C(Cl)\C=C\C1=C(O)C=CCC=C1)Nc1ccc(/C=N/Nc2ncc(F)c(N3CCCOCC3)n2)nc1C. The zero-order valence-electron chi connectivity index (χ0n) is 22.1. The van der Waals surface area contributed by atoms with E-state index in [1.807, 2.05) is 36.1 Å². The number of aliphatic hydroxyl groups excluding tert-OH is 1. The normalized spacial score (nSPS) is 16.5. The fourth-order valence-electron chi connectivity index (χ4n) is 3.90. The molecule has 2 aromatic rings. The molecule has 2 aromatic heterocycles. The quantitative estimate of drug-likeness (QED) is 0.196. The van der Waals surface area contributed by atoms with Gasteiger partial charge in [0.2, 0.25) is 5.95 Å². The molecule has 3 heterocycles. The van der Waals surface area contributed by atoms with Gasteiger partial charge in [0, 0.05) is 36.0 Å². The predicted octanol–water partition coefficient (Wildman–Crippen LogP) is 5.92. The van der Waals surface area contributed by atoms with Crippen molar-refractivity contribution < 1.29 is 14.2 Å². The summed E-state index contributed by atoms with van der Waals surface area (Å²) in [5.74, 6) is 0.0997. The highest BCUT2D eigenvalue weighted by atomic mass is 35.5. The third-order valence-electron chi connectivity index (χ3n) is 5.89. The van der Waals surface area contributed by atoms with Crippen molar-refractivity contribution in [3.63, 3.8) is 0 Å². The molecule has 0 unspecified atom stereocenters. The monoisotopic (exact) mass is 563 g/mol. The Morgan fingerprint density at radius 3 is 2.92 bits per heavy atom. The molecule has 0 amide bonds. The Bertz CT molecular complexity index is 1410. The number of hydrogen-bond donors (Lipinski definition) is 3. The Kier molecular flexibility index (Phi) is 10.2. The van der Waals surface area contributed by atoms with Crippen LogP contribution in [-0.2, 0) is 4.74 Å². The topological polar surface area (TPSA) is 108 Å². The van der Waals surface area contributed by atoms with Crippen LogP contribution >= 0.6 is 11.6 Å². The number of pyridine rings is 1. The summed E-state index contributed by atoms with van der Waals surface area (Å²) < 4.78 is 19.8. The first-order valence-corrected chi connectivity index (χ1v) is 13.2. The maximum Gasteiger partial charge on any atom is 0.245 e. The number of allylic oxidation sites excluding steroid dienone is 9. The van der Waals surface area contributed by atoms with Crippen LogP contribution in [0.25, 0.3) is 0 Å². The maximum absolute atomic E-state index is 14.3. The van der Waals surface area contributed by atoms with E-state index in [-0.39, 0.29) is 17.5 Å². The van der Waals surface area contributed by atoms with Gasteiger partial charge in [-0.1, -0.05) is 36.4 Å². The summed E-state index contributed by atoms with van der Waals surface area (Å²) in [5, 5.41) is 17.8. The van der Waals surface area contributed by atoms with Crippen LogP contribution in [0.2, 0.25) is 0 Å². The van der Waals surface area contributed by atoms with E-state index in [0.29, 0.717) is 48.3 Å². The van der Waals surface area contributed by atoms with Gasteiger partial charge in [0.05, 0.1) is 36.1 Å². The van der Waals surface area contributed by atoms with Gasteiger partial charge in [0.25, 0.3) is 0 Å². The van der Waals surface area contributed by atoms with Crippen molar-refractivity contribution in [3.8, 4) is 0 Å². The minimum absolute atomic E-state index is 0.180. The van der Waals surface area contributed by atoms with E-state index in [4.69, 9.17) is 16.3 Å². The number of aryl methyl sites for hydroxylation is 1. The number of hydrazone groups is 1. The number of aliphatic hydroxyl groups is 1. The Balaban J connectivity index is 1.34. The van der Waals surface area contributed by atoms with Gasteiger partial charge in [-0.25, -0.2) is 19.8 Å². The zero-order chi connectivity index (χ0) is 28.3. The average molecular weight is 564 g/mol. The highest BCUT2D eigenvalue weighted by molar-refractivity contribution is 6.31. The molecule has 208 valence electrons. The van der Waals surface area contributed by atoms with E-state index in [1.165, 1.54) is 6.21 Å². The molecule has 40 heavy (non-hydrogen) atoms. The minimum atomic E-state index is -0.489. The molecular formula is C29H31ClFN7O2. The molecule has 1 aliphatic heterocycles. The first-order chi connectivity index (χ1) is 19.4. The van der Waals surface area contributed by atoms with Crippen LogP contribution in [0.1, 0.15) is 24.2 Å². The first kappa shape index (κ1) is 28.7. The predicted molar refractivity (Wildman–Crippen MR) is 158 cm³/mol. The van der Waals surface area contributed by atoms with Crippen LogP contribution < -0.4 is 15.6 Å². The molecule has 0 spiro atoms. The van der Waals surface area contributed by atoms with E-state index in [0.717, 1.165) is 30.4 Å². The van der Waals surface area contributed by atoms with Crippen LogP contribution in [-0.4, -0.2) is 52.6 Å². The molecule has 9 nitrogen and oxygen atoms in total. The summed E-state index contributed by atoms with van der Waals surface area (Å²) in [6.45, 7) is 8.25. The first-order valence-electron chi connectivity index (χ1n) is 12.8. The molecule has 0 saturated carbocycles. The van der Waals surface area contributed by atoms with E-state index in [1.54, 1.807) is 30.4 Å². The lowest BCUT2D eigenvalue weighted by Gasteiger charge is -2.21. The molecule has 1 fully saturated rings. The summed E-state index contributed by atoms with van der Waals surface area (Å²) in [5.41, 5.74) is 6.06. The number of anilines is 3. The third-order valence-corrected chi connectivity index (χ3v) is 6.12. The van der Waals surface area contributed by atoms with E-state index < -0.39 is 5.82 Å². The van der Waals surface area contributed by atoms with Gasteiger partial charge < -0.3 is 20.1 Å². The number of ether oxygens (including phenoxy) is 1. The minimum Gasteiger partial charge on any atom is -0.507 e. The number of nitrogens with zero attached hydrogens (tertiary/aromatic N) is 5. The second-order valence-electron chi connectivity index (χ2n) is 8.95. The van der Waals surface area contributed by atoms with Crippen molar-refractivity contribution in [2.75, 3.05) is 41.9 Å². The van der Waals surface area contributed by atoms with Gasteiger partial charge in [0.15, 0.2) is 11.6 Å². The summed E-state index contributed by atoms with van der Waals surface area (Å²) in [6.07, 6.45) is 16.7. The van der Waals surface area contributed by atoms with Gasteiger partial charge in [-0.3, -0.25) is 0 Å². The molecule has 0 aromatic carbocycles. The number of nitrogens with one attached hydrogen (secondary N) is 2. The fourth-order valence-corrected chi connectivity index (χ4v) is 4.10. The van der Waals surface area contributed by atoms with Gasteiger partial charge in [-0.05, 0) is 56.2 Å². The van der Waals surface area contributed by atoms with Crippen molar-refractivity contribution in [3.05, 3.63) is 107 Å². The lowest BCUT2D eigenvalue weighted by molar-refractivity contribution is 0.152. The molecule has 1 saturated heterocycles. The van der Waals surface area contributed by atoms with Gasteiger partial charge >= 0.3 is 0 Å². The maximum atomic E-state index is 14.3. The number of aromatic nitrogens is 3. The van der Waals surface area contributed by atoms with Gasteiger partial charge in [0.1, 0.15) is 5.76 Å². The lowest BCUT2D eigenvalue weighted by Crippen LogP contribution is -2.28. The van der Waals surface area contributed by atoms with Gasteiger partial charge in [-0.2, -0.15) is 10.1 Å². The fraction of sp³-hybridized carbons (Fsp3) is 0.241. The average Bonchev–Trinajstić information content (AvgIpc) is 3.33. The standard InChI is InChI=1S/C29H31ClFN7O2/c1-20(17-23(30)10-9-22-7-4-3-5-8-27(22)39)34-26-12-11-24(35-21(26)2)18-33-37-29-32-19-25(31)28(36-29)38-13-6-15-40-16-14-38/h4-5,7-12,17-19,34,39H,1,3,6,13-16H2,2H3,(H,32,36,37)/b10-9+,23-17+,33-18+. The number of halogens is 2. The van der Waals surface area contributed by atoms with Gasteiger partial charge in [-0.15, -0.1) is 0 Å². The van der Waals surface area contributed by atoms with E-state index >= 15 is 0 Å². The molecular weight excluding hydrogens is 533 g/mol. The Morgan fingerprint density at radius 2 is 2.08 bits per heavy atom. The van der Waals surface area contributed by atoms with Crippen molar-refractivity contribution in [1.82, 2.24) is 15.0 Å². The molecule has 1 aliphatic carbocycles. The smallest absolute Gasteiger partial charge is 0.245 e. The second-order valence-corrected chi connectivity index (χ2v) is 9.39. The Labute approximate surface area is 237 Å². The summed E-state index contributed by atoms with van der Waals surface area (Å²) in [6, 6.07) is 3.64. The van der Waals surface area contributed by atoms with Crippen LogP contribution in [0.15, 0.2) is 94.6 Å². The molecule has 0 bridgehead atoms. The highest BCUT2D eigenvalue weighted by Gasteiger charge is 2.17. The molecule has 0 radical (unpaired) electrons. The molecule has 0 atom stereocenters. The van der Waals surface area contributed by atoms with Crippen LogP contribution in [0, 0.1) is 12.7 Å². The number of rotatable bonds is 9. The van der Waals surface area contributed by atoms with E-state index in [2.05, 4.69) is 37.4 Å². The summed E-state index contributed by atoms with van der Waals surface area (Å²) >= 11 is 6.34. The highest BCUT2D eigenvalue weighted by Crippen LogP contribution is 2.20. The van der Waals surface area contributed by atoms with Crippen LogP contribution in [0.3, 0.4) is 0 Å². The Morgan fingerprint density at radius 1 is 1.23 bits per heavy atom. The summed E-state index contributed by atoms with van der Waals surface area (Å²) in [4.78, 5) is 14.6. The Hall–Kier alpha value is -4.28. The molecule has 11 heteroatoms. The molecule has 2 aliphatic rings. The lowest BCUT2D eigenvalue weighted by atomic mass is 10.2. The molecule has 4 rings (SSSR count). The second kappa shape index (κ2) is 14.2. The van der Waals surface area contributed by atoms with Crippen LogP contribution in [0.4, 0.5) is 21.8 Å². The van der Waals surface area contributed by atoms with E-state index in [9.17, 15) is 9.50 Å². The third kappa shape index (κ3) is 8.36.